The smallest absolute Gasteiger partial charge is 0.251 e. The lowest BCUT2D eigenvalue weighted by Gasteiger charge is -1.95. The molecule has 0 spiro atoms. The topological polar surface area (TPSA) is 78.9 Å². The summed E-state index contributed by atoms with van der Waals surface area (Å²) in [6, 6.07) is 2.96. The van der Waals surface area contributed by atoms with Gasteiger partial charge in [-0.25, -0.2) is 0 Å². The van der Waals surface area contributed by atoms with Crippen molar-refractivity contribution in [1.82, 2.24) is 15.2 Å². The number of fused-ring (bicyclic) bond motifs is 1. The second kappa shape index (κ2) is 2.30. The van der Waals surface area contributed by atoms with Crippen molar-refractivity contribution in [1.29, 1.82) is 0 Å². The van der Waals surface area contributed by atoms with Gasteiger partial charge in [0.05, 0.1) is 6.20 Å². The molecule has 0 bridgehead atoms. The van der Waals surface area contributed by atoms with Crippen LogP contribution in [0.25, 0.3) is 10.9 Å². The van der Waals surface area contributed by atoms with Crippen molar-refractivity contribution >= 4 is 10.9 Å². The van der Waals surface area contributed by atoms with Gasteiger partial charge in [-0.15, -0.1) is 5.10 Å². The number of hydrogen-bond acceptors (Lipinski definition) is 4. The second-order valence-electron chi connectivity index (χ2n) is 2.32. The molecule has 0 aliphatic carbocycles. The first kappa shape index (κ1) is 6.78. The standard InChI is InChI=1S/C7H5N3O2/c11-5-3-4-1-2-8-10-6(4)7(12)9-5/h1-3H,(H2,9,11,12). The SMILES string of the molecule is O=c1cc2ccnnc2c(O)[nH]1. The van der Waals surface area contributed by atoms with Crippen LogP contribution in [0.1, 0.15) is 0 Å². The van der Waals surface area contributed by atoms with Gasteiger partial charge >= 0.3 is 0 Å². The summed E-state index contributed by atoms with van der Waals surface area (Å²) in [4.78, 5) is 13.1. The molecule has 0 saturated carbocycles. The normalized spacial score (nSPS) is 10.3. The van der Waals surface area contributed by atoms with Crippen LogP contribution in [-0.4, -0.2) is 20.3 Å². The van der Waals surface area contributed by atoms with Crippen LogP contribution in [-0.2, 0) is 0 Å². The van der Waals surface area contributed by atoms with Gasteiger partial charge < -0.3 is 5.11 Å². The largest absolute Gasteiger partial charge is 0.493 e. The molecule has 2 aromatic heterocycles. The van der Waals surface area contributed by atoms with Crippen molar-refractivity contribution < 1.29 is 5.11 Å². The van der Waals surface area contributed by atoms with Gasteiger partial charge in [0.1, 0.15) is 0 Å². The lowest BCUT2D eigenvalue weighted by atomic mass is 10.3. The maximum atomic E-state index is 10.8. The number of nitrogens with zero attached hydrogens (tertiary/aromatic N) is 2. The van der Waals surface area contributed by atoms with Gasteiger partial charge in [-0.2, -0.15) is 5.10 Å². The molecule has 0 aliphatic heterocycles. The summed E-state index contributed by atoms with van der Waals surface area (Å²) >= 11 is 0. The van der Waals surface area contributed by atoms with Gasteiger partial charge in [0.15, 0.2) is 5.52 Å². The van der Waals surface area contributed by atoms with Crippen LogP contribution in [0.5, 0.6) is 5.88 Å². The molecule has 0 amide bonds. The third-order valence-electron chi connectivity index (χ3n) is 1.50. The minimum absolute atomic E-state index is 0.245. The molecular formula is C7H5N3O2. The zero-order chi connectivity index (χ0) is 8.55. The predicted molar refractivity (Wildman–Crippen MR) is 41.8 cm³/mol. The van der Waals surface area contributed by atoms with Crippen LogP contribution in [0, 0.1) is 0 Å². The first-order valence-corrected chi connectivity index (χ1v) is 3.31. The van der Waals surface area contributed by atoms with Gasteiger partial charge in [-0.1, -0.05) is 0 Å². The van der Waals surface area contributed by atoms with Crippen molar-refractivity contribution in [3.8, 4) is 5.88 Å². The monoisotopic (exact) mass is 163 g/mol. The zero-order valence-electron chi connectivity index (χ0n) is 5.98. The van der Waals surface area contributed by atoms with Crippen LogP contribution in [0.4, 0.5) is 0 Å². The summed E-state index contributed by atoms with van der Waals surface area (Å²) in [5.41, 5.74) is -0.0508. The summed E-state index contributed by atoms with van der Waals surface area (Å²) < 4.78 is 0. The molecule has 0 unspecified atom stereocenters. The van der Waals surface area contributed by atoms with Crippen molar-refractivity contribution in [2.75, 3.05) is 0 Å². The molecule has 2 rings (SSSR count). The Kier molecular flexibility index (Phi) is 1.30. The average Bonchev–Trinajstić information content (AvgIpc) is 2.04. The van der Waals surface area contributed by atoms with Crippen molar-refractivity contribution in [2.24, 2.45) is 0 Å². The summed E-state index contributed by atoms with van der Waals surface area (Å²) in [7, 11) is 0. The molecule has 0 aliphatic rings. The molecule has 0 fully saturated rings. The number of rotatable bonds is 0. The van der Waals surface area contributed by atoms with Gasteiger partial charge in [0, 0.05) is 11.5 Å². The third kappa shape index (κ3) is 0.914. The number of pyridine rings is 1. The number of nitrogens with one attached hydrogen (secondary N) is 1. The molecule has 2 heterocycles. The Morgan fingerprint density at radius 2 is 2.33 bits per heavy atom. The Hall–Kier alpha value is -1.91. The number of aromatic amines is 1. The Labute approximate surface area is 66.7 Å². The van der Waals surface area contributed by atoms with E-state index in [4.69, 9.17) is 0 Å². The Morgan fingerprint density at radius 1 is 1.50 bits per heavy atom. The Bertz CT molecular complexity index is 477. The molecule has 5 nitrogen and oxygen atoms in total. The fourth-order valence-corrected chi connectivity index (χ4v) is 0.995. The van der Waals surface area contributed by atoms with E-state index in [1.165, 1.54) is 12.3 Å². The van der Waals surface area contributed by atoms with Gasteiger partial charge in [0.25, 0.3) is 5.56 Å². The van der Waals surface area contributed by atoms with Crippen LogP contribution in [0.15, 0.2) is 23.1 Å². The van der Waals surface area contributed by atoms with Crippen LogP contribution >= 0.6 is 0 Å². The molecule has 0 atom stereocenters. The quantitative estimate of drug-likeness (QED) is 0.574. The highest BCUT2D eigenvalue weighted by Crippen LogP contribution is 2.14. The summed E-state index contributed by atoms with van der Waals surface area (Å²) in [6.07, 6.45) is 1.46. The van der Waals surface area contributed by atoms with E-state index >= 15 is 0 Å². The van der Waals surface area contributed by atoms with E-state index in [0.717, 1.165) is 0 Å². The first-order chi connectivity index (χ1) is 5.77. The van der Waals surface area contributed by atoms with E-state index in [9.17, 15) is 9.90 Å². The number of H-pyrrole nitrogens is 1. The third-order valence-corrected chi connectivity index (χ3v) is 1.50. The van der Waals surface area contributed by atoms with Gasteiger partial charge in [-0.3, -0.25) is 9.78 Å². The molecule has 5 heteroatoms. The lowest BCUT2D eigenvalue weighted by molar-refractivity contribution is 0.457. The van der Waals surface area contributed by atoms with Gasteiger partial charge in [0.2, 0.25) is 5.88 Å². The Morgan fingerprint density at radius 3 is 3.17 bits per heavy atom. The number of aromatic nitrogens is 3. The molecule has 60 valence electrons. The fraction of sp³-hybridized carbons (Fsp3) is 0. The maximum Gasteiger partial charge on any atom is 0.251 e. The summed E-state index contributed by atoms with van der Waals surface area (Å²) in [5, 5.41) is 17.0. The van der Waals surface area contributed by atoms with E-state index in [0.29, 0.717) is 10.9 Å². The van der Waals surface area contributed by atoms with Gasteiger partial charge in [-0.05, 0) is 6.07 Å². The van der Waals surface area contributed by atoms with E-state index in [1.54, 1.807) is 6.07 Å². The minimum atomic E-state index is -0.354. The molecule has 2 N–H and O–H groups in total. The molecule has 0 radical (unpaired) electrons. The van der Waals surface area contributed by atoms with Crippen LogP contribution < -0.4 is 5.56 Å². The average molecular weight is 163 g/mol. The molecular weight excluding hydrogens is 158 g/mol. The second-order valence-corrected chi connectivity index (χ2v) is 2.32. The highest BCUT2D eigenvalue weighted by atomic mass is 16.3. The van der Waals surface area contributed by atoms with E-state index in [2.05, 4.69) is 15.2 Å². The first-order valence-electron chi connectivity index (χ1n) is 3.31. The van der Waals surface area contributed by atoms with E-state index in [-0.39, 0.29) is 11.4 Å². The minimum Gasteiger partial charge on any atom is -0.493 e. The lowest BCUT2D eigenvalue weighted by Crippen LogP contribution is -2.03. The van der Waals surface area contributed by atoms with Crippen LogP contribution in [0.2, 0.25) is 0 Å². The Balaban J connectivity index is 2.99. The summed E-state index contributed by atoms with van der Waals surface area (Å²) in [5.74, 6) is -0.245. The number of hydrogen-bond donors (Lipinski definition) is 2. The summed E-state index contributed by atoms with van der Waals surface area (Å²) in [6.45, 7) is 0. The van der Waals surface area contributed by atoms with E-state index < -0.39 is 0 Å². The van der Waals surface area contributed by atoms with Crippen molar-refractivity contribution in [3.05, 3.63) is 28.7 Å². The zero-order valence-corrected chi connectivity index (χ0v) is 5.98. The maximum absolute atomic E-state index is 10.8. The highest BCUT2D eigenvalue weighted by molar-refractivity contribution is 5.81. The molecule has 12 heavy (non-hydrogen) atoms. The van der Waals surface area contributed by atoms with E-state index in [1.807, 2.05) is 0 Å². The number of aromatic hydroxyl groups is 1. The highest BCUT2D eigenvalue weighted by Gasteiger charge is 2.01. The molecule has 0 aromatic carbocycles. The molecule has 2 aromatic rings. The van der Waals surface area contributed by atoms with Crippen molar-refractivity contribution in [2.45, 2.75) is 0 Å². The molecule has 0 saturated heterocycles. The van der Waals surface area contributed by atoms with Crippen LogP contribution in [0.3, 0.4) is 0 Å². The predicted octanol–water partition coefficient (Wildman–Crippen LogP) is 0.0237. The van der Waals surface area contributed by atoms with Crippen molar-refractivity contribution in [3.63, 3.8) is 0 Å². The fourth-order valence-electron chi connectivity index (χ4n) is 0.995.